The Kier molecular flexibility index (Phi) is 7.94. The van der Waals surface area contributed by atoms with Crippen LogP contribution in [0.4, 0.5) is 0 Å². The predicted molar refractivity (Wildman–Crippen MR) is 115 cm³/mol. The van der Waals surface area contributed by atoms with Gasteiger partial charge in [0.05, 0.1) is 7.11 Å². The Morgan fingerprint density at radius 3 is 2.48 bits per heavy atom. The Bertz CT molecular complexity index is 787. The van der Waals surface area contributed by atoms with Crippen LogP contribution in [0, 0.1) is 0 Å². The standard InChI is InChI=1S/C24H32N2O3/c1-3-23(29-22-13-9-12-21(16-22)28-2)24(27)25-17-19-10-5-6-11-20(19)18-26-14-7-4-8-15-26/h5-6,9-13,16,23H,3-4,7-8,14-15,17-18H2,1-2H3,(H,25,27)/t23-/m1/s1. The highest BCUT2D eigenvalue weighted by Gasteiger charge is 2.19. The van der Waals surface area contributed by atoms with E-state index in [1.807, 2.05) is 31.2 Å². The van der Waals surface area contributed by atoms with Crippen LogP contribution in [-0.4, -0.2) is 37.1 Å². The van der Waals surface area contributed by atoms with Crippen LogP contribution >= 0.6 is 0 Å². The van der Waals surface area contributed by atoms with Crippen LogP contribution in [0.15, 0.2) is 48.5 Å². The van der Waals surface area contributed by atoms with Crippen LogP contribution in [0.3, 0.4) is 0 Å². The minimum atomic E-state index is -0.531. The zero-order chi connectivity index (χ0) is 20.5. The molecule has 3 rings (SSSR count). The maximum Gasteiger partial charge on any atom is 0.261 e. The first-order chi connectivity index (χ1) is 14.2. The second-order valence-corrected chi connectivity index (χ2v) is 7.52. The zero-order valence-electron chi connectivity index (χ0n) is 17.5. The molecule has 0 radical (unpaired) electrons. The molecule has 0 aromatic heterocycles. The number of nitrogens with one attached hydrogen (secondary N) is 1. The summed E-state index contributed by atoms with van der Waals surface area (Å²) in [5.41, 5.74) is 2.46. The molecule has 0 aliphatic carbocycles. The van der Waals surface area contributed by atoms with E-state index in [4.69, 9.17) is 9.47 Å². The Morgan fingerprint density at radius 1 is 1.03 bits per heavy atom. The van der Waals surface area contributed by atoms with Gasteiger partial charge in [0.1, 0.15) is 11.5 Å². The van der Waals surface area contributed by atoms with Crippen molar-refractivity contribution in [3.63, 3.8) is 0 Å². The summed E-state index contributed by atoms with van der Waals surface area (Å²) in [6.45, 7) is 5.74. The van der Waals surface area contributed by atoms with Crippen molar-refractivity contribution in [1.82, 2.24) is 10.2 Å². The molecule has 5 nitrogen and oxygen atoms in total. The number of likely N-dealkylation sites (tertiary alicyclic amines) is 1. The molecule has 1 fully saturated rings. The fourth-order valence-corrected chi connectivity index (χ4v) is 3.70. The van der Waals surface area contributed by atoms with Gasteiger partial charge in [-0.1, -0.05) is 43.7 Å². The van der Waals surface area contributed by atoms with Gasteiger partial charge in [-0.15, -0.1) is 0 Å². The molecule has 1 aliphatic heterocycles. The number of amides is 1. The number of methoxy groups -OCH3 is 1. The number of nitrogens with zero attached hydrogens (tertiary/aromatic N) is 1. The summed E-state index contributed by atoms with van der Waals surface area (Å²) in [5.74, 6) is 1.25. The maximum absolute atomic E-state index is 12.7. The van der Waals surface area contributed by atoms with E-state index < -0.39 is 6.10 Å². The van der Waals surface area contributed by atoms with Gasteiger partial charge in [0.25, 0.3) is 5.91 Å². The highest BCUT2D eigenvalue weighted by Crippen LogP contribution is 2.21. The number of carbonyl (C=O) groups excluding carboxylic acids is 1. The molecule has 1 aliphatic rings. The van der Waals surface area contributed by atoms with E-state index in [-0.39, 0.29) is 5.91 Å². The molecule has 1 N–H and O–H groups in total. The molecule has 1 saturated heterocycles. The van der Waals surface area contributed by atoms with Crippen molar-refractivity contribution in [2.24, 2.45) is 0 Å². The Hall–Kier alpha value is -2.53. The average Bonchev–Trinajstić information content (AvgIpc) is 2.77. The molecular formula is C24H32N2O3. The second kappa shape index (κ2) is 10.9. The average molecular weight is 397 g/mol. The molecule has 29 heavy (non-hydrogen) atoms. The van der Waals surface area contributed by atoms with E-state index in [2.05, 4.69) is 28.4 Å². The summed E-state index contributed by atoms with van der Waals surface area (Å²) >= 11 is 0. The van der Waals surface area contributed by atoms with Crippen molar-refractivity contribution in [2.45, 2.75) is 51.8 Å². The van der Waals surface area contributed by atoms with E-state index in [9.17, 15) is 4.79 Å². The van der Waals surface area contributed by atoms with Crippen LogP contribution in [0.1, 0.15) is 43.7 Å². The Labute approximate surface area is 174 Å². The largest absolute Gasteiger partial charge is 0.497 e. The fraction of sp³-hybridized carbons (Fsp3) is 0.458. The summed E-state index contributed by atoms with van der Waals surface area (Å²) in [5, 5.41) is 3.06. The third kappa shape index (κ3) is 6.23. The lowest BCUT2D eigenvalue weighted by molar-refractivity contribution is -0.128. The lowest BCUT2D eigenvalue weighted by Gasteiger charge is -2.27. The summed E-state index contributed by atoms with van der Waals surface area (Å²) in [6, 6.07) is 15.7. The van der Waals surface area contributed by atoms with Gasteiger partial charge in [-0.3, -0.25) is 9.69 Å². The van der Waals surface area contributed by atoms with Gasteiger partial charge in [-0.2, -0.15) is 0 Å². The van der Waals surface area contributed by atoms with Crippen molar-refractivity contribution >= 4 is 5.91 Å². The van der Waals surface area contributed by atoms with Gasteiger partial charge in [-0.25, -0.2) is 0 Å². The number of benzene rings is 2. The summed E-state index contributed by atoms with van der Waals surface area (Å²) in [7, 11) is 1.62. The van der Waals surface area contributed by atoms with Crippen LogP contribution in [0.5, 0.6) is 11.5 Å². The van der Waals surface area contributed by atoms with E-state index in [1.54, 1.807) is 13.2 Å². The normalized spacial score (nSPS) is 15.5. The number of piperidine rings is 1. The van der Waals surface area contributed by atoms with Crippen molar-refractivity contribution in [2.75, 3.05) is 20.2 Å². The maximum atomic E-state index is 12.7. The van der Waals surface area contributed by atoms with Gasteiger partial charge in [-0.05, 0) is 55.6 Å². The van der Waals surface area contributed by atoms with Crippen LogP contribution < -0.4 is 14.8 Å². The number of rotatable bonds is 9. The highest BCUT2D eigenvalue weighted by molar-refractivity contribution is 5.81. The minimum absolute atomic E-state index is 0.0944. The molecule has 5 heteroatoms. The minimum Gasteiger partial charge on any atom is -0.497 e. The summed E-state index contributed by atoms with van der Waals surface area (Å²) in [4.78, 5) is 15.2. The Morgan fingerprint density at radius 2 is 1.76 bits per heavy atom. The number of carbonyl (C=O) groups is 1. The monoisotopic (exact) mass is 396 g/mol. The zero-order valence-corrected chi connectivity index (χ0v) is 17.5. The lowest BCUT2D eigenvalue weighted by atomic mass is 10.0. The predicted octanol–water partition coefficient (Wildman–Crippen LogP) is 4.15. The van der Waals surface area contributed by atoms with Crippen molar-refractivity contribution in [3.8, 4) is 11.5 Å². The second-order valence-electron chi connectivity index (χ2n) is 7.52. The van der Waals surface area contributed by atoms with Crippen molar-refractivity contribution in [3.05, 3.63) is 59.7 Å². The number of hydrogen-bond acceptors (Lipinski definition) is 4. The lowest BCUT2D eigenvalue weighted by Crippen LogP contribution is -2.38. The molecule has 0 saturated carbocycles. The van der Waals surface area contributed by atoms with E-state index in [1.165, 1.54) is 30.4 Å². The smallest absolute Gasteiger partial charge is 0.261 e. The SMILES string of the molecule is CC[C@@H](Oc1cccc(OC)c1)C(=O)NCc1ccccc1CN1CCCCC1. The molecule has 2 aromatic carbocycles. The molecular weight excluding hydrogens is 364 g/mol. The third-order valence-electron chi connectivity index (χ3n) is 5.40. The molecule has 1 amide bonds. The molecule has 0 unspecified atom stereocenters. The Balaban J connectivity index is 1.58. The summed E-state index contributed by atoms with van der Waals surface area (Å²) in [6.07, 6.45) is 3.95. The fourth-order valence-electron chi connectivity index (χ4n) is 3.70. The number of ether oxygens (including phenoxy) is 2. The van der Waals surface area contributed by atoms with Crippen molar-refractivity contribution in [1.29, 1.82) is 0 Å². The first kappa shape index (κ1) is 21.2. The molecule has 0 bridgehead atoms. The van der Waals surface area contributed by atoms with Gasteiger partial charge in [0, 0.05) is 19.2 Å². The van der Waals surface area contributed by atoms with Crippen LogP contribution in [0.25, 0.3) is 0 Å². The van der Waals surface area contributed by atoms with Gasteiger partial charge >= 0.3 is 0 Å². The molecule has 156 valence electrons. The topological polar surface area (TPSA) is 50.8 Å². The van der Waals surface area contributed by atoms with Gasteiger partial charge in [0.2, 0.25) is 0 Å². The highest BCUT2D eigenvalue weighted by atomic mass is 16.5. The van der Waals surface area contributed by atoms with Crippen LogP contribution in [-0.2, 0) is 17.9 Å². The van der Waals surface area contributed by atoms with Crippen molar-refractivity contribution < 1.29 is 14.3 Å². The molecule has 2 aromatic rings. The van der Waals surface area contributed by atoms with E-state index in [0.29, 0.717) is 24.5 Å². The third-order valence-corrected chi connectivity index (χ3v) is 5.40. The first-order valence-corrected chi connectivity index (χ1v) is 10.6. The molecule has 0 spiro atoms. The quantitative estimate of drug-likeness (QED) is 0.692. The number of hydrogen-bond donors (Lipinski definition) is 1. The summed E-state index contributed by atoms with van der Waals surface area (Å²) < 4.78 is 11.1. The van der Waals surface area contributed by atoms with E-state index >= 15 is 0 Å². The first-order valence-electron chi connectivity index (χ1n) is 10.6. The molecule has 1 atom stereocenters. The van der Waals surface area contributed by atoms with E-state index in [0.717, 1.165) is 19.6 Å². The van der Waals surface area contributed by atoms with Crippen LogP contribution in [0.2, 0.25) is 0 Å². The van der Waals surface area contributed by atoms with Gasteiger partial charge in [0.15, 0.2) is 6.10 Å². The molecule has 1 heterocycles. The van der Waals surface area contributed by atoms with Gasteiger partial charge < -0.3 is 14.8 Å².